The minimum Gasteiger partial charge on any atom is -0.386 e. The highest BCUT2D eigenvalue weighted by Crippen LogP contribution is 2.23. The van der Waals surface area contributed by atoms with E-state index in [1.807, 2.05) is 12.1 Å². The highest BCUT2D eigenvalue weighted by molar-refractivity contribution is 7.89. The predicted octanol–water partition coefficient (Wildman–Crippen LogP) is 2.33. The molecule has 126 valence electrons. The predicted molar refractivity (Wildman–Crippen MR) is 90.7 cm³/mol. The number of sulfonamides is 1. The first kappa shape index (κ1) is 17.7. The van der Waals surface area contributed by atoms with Gasteiger partial charge in [-0.2, -0.15) is 0 Å². The number of aromatic nitrogens is 1. The average molecular weight is 336 g/mol. The molecule has 1 aromatic heterocycles. The van der Waals surface area contributed by atoms with E-state index in [4.69, 9.17) is 0 Å². The van der Waals surface area contributed by atoms with Crippen molar-refractivity contribution < 1.29 is 13.5 Å². The zero-order valence-corrected chi connectivity index (χ0v) is 14.8. The summed E-state index contributed by atoms with van der Waals surface area (Å²) in [7, 11) is -1.84. The van der Waals surface area contributed by atoms with Crippen LogP contribution in [0.1, 0.15) is 38.1 Å². The third-order valence-corrected chi connectivity index (χ3v) is 5.26. The molecule has 1 heterocycles. The largest absolute Gasteiger partial charge is 0.386 e. The Kier molecular flexibility index (Phi) is 4.98. The van der Waals surface area contributed by atoms with Gasteiger partial charge in [0, 0.05) is 25.5 Å². The van der Waals surface area contributed by atoms with Crippen molar-refractivity contribution in [3.8, 4) is 0 Å². The SMILES string of the molecule is Cn1cccc1C(O)CNS(=O)(=O)c1ccc(C(C)(C)C)cc1. The molecule has 0 amide bonds. The zero-order valence-electron chi connectivity index (χ0n) is 13.9. The molecule has 0 aliphatic heterocycles. The number of nitrogens with one attached hydrogen (secondary N) is 1. The van der Waals surface area contributed by atoms with Crippen molar-refractivity contribution in [2.75, 3.05) is 6.54 Å². The van der Waals surface area contributed by atoms with E-state index in [0.29, 0.717) is 5.69 Å². The highest BCUT2D eigenvalue weighted by atomic mass is 32.2. The molecule has 23 heavy (non-hydrogen) atoms. The van der Waals surface area contributed by atoms with Gasteiger partial charge in [-0.1, -0.05) is 32.9 Å². The molecule has 1 atom stereocenters. The van der Waals surface area contributed by atoms with Gasteiger partial charge in [0.05, 0.1) is 4.90 Å². The second-order valence-corrected chi connectivity index (χ2v) is 8.45. The number of aliphatic hydroxyl groups is 1. The normalized spacial score (nSPS) is 14.0. The van der Waals surface area contributed by atoms with Crippen LogP contribution in [0.3, 0.4) is 0 Å². The van der Waals surface area contributed by atoms with E-state index in [1.54, 1.807) is 42.1 Å². The van der Waals surface area contributed by atoms with Crippen LogP contribution in [0.25, 0.3) is 0 Å². The number of hydrogen-bond donors (Lipinski definition) is 2. The van der Waals surface area contributed by atoms with Crippen molar-refractivity contribution in [1.82, 2.24) is 9.29 Å². The third kappa shape index (κ3) is 4.22. The summed E-state index contributed by atoms with van der Waals surface area (Å²) in [5.74, 6) is 0. The third-order valence-electron chi connectivity index (χ3n) is 3.82. The number of benzene rings is 1. The lowest BCUT2D eigenvalue weighted by molar-refractivity contribution is 0.173. The van der Waals surface area contributed by atoms with Gasteiger partial charge < -0.3 is 9.67 Å². The van der Waals surface area contributed by atoms with E-state index in [2.05, 4.69) is 25.5 Å². The Bertz CT molecular complexity index is 756. The molecule has 0 bridgehead atoms. The summed E-state index contributed by atoms with van der Waals surface area (Å²) >= 11 is 0. The summed E-state index contributed by atoms with van der Waals surface area (Å²) in [6.07, 6.45) is 0.914. The summed E-state index contributed by atoms with van der Waals surface area (Å²) in [6, 6.07) is 10.4. The van der Waals surface area contributed by atoms with Crippen LogP contribution in [-0.2, 0) is 22.5 Å². The van der Waals surface area contributed by atoms with Crippen LogP contribution < -0.4 is 4.72 Å². The van der Waals surface area contributed by atoms with Crippen molar-refractivity contribution in [3.63, 3.8) is 0 Å². The molecule has 0 saturated heterocycles. The standard InChI is InChI=1S/C17H24N2O3S/c1-17(2,3)13-7-9-14(10-8-13)23(21,22)18-12-16(20)15-6-5-11-19(15)4/h5-11,16,18,20H,12H2,1-4H3. The molecule has 0 spiro atoms. The summed E-state index contributed by atoms with van der Waals surface area (Å²) < 4.78 is 28.9. The molecule has 0 radical (unpaired) electrons. The second-order valence-electron chi connectivity index (χ2n) is 6.69. The van der Waals surface area contributed by atoms with Crippen LogP contribution in [0, 0.1) is 0 Å². The van der Waals surface area contributed by atoms with Crippen LogP contribution in [0.2, 0.25) is 0 Å². The Morgan fingerprint density at radius 3 is 2.26 bits per heavy atom. The Labute approximate surface area is 138 Å². The lowest BCUT2D eigenvalue weighted by Crippen LogP contribution is -2.29. The van der Waals surface area contributed by atoms with Gasteiger partial charge in [-0.05, 0) is 35.2 Å². The summed E-state index contributed by atoms with van der Waals surface area (Å²) in [5.41, 5.74) is 1.70. The van der Waals surface area contributed by atoms with E-state index >= 15 is 0 Å². The highest BCUT2D eigenvalue weighted by Gasteiger charge is 2.19. The maximum Gasteiger partial charge on any atom is 0.240 e. The quantitative estimate of drug-likeness (QED) is 0.880. The minimum atomic E-state index is -3.64. The molecule has 0 aliphatic rings. The maximum atomic E-state index is 12.3. The first-order valence-electron chi connectivity index (χ1n) is 7.51. The summed E-state index contributed by atoms with van der Waals surface area (Å²) in [6.45, 7) is 6.15. The van der Waals surface area contributed by atoms with E-state index in [1.165, 1.54) is 0 Å². The van der Waals surface area contributed by atoms with Crippen LogP contribution in [0.4, 0.5) is 0 Å². The molecule has 2 N–H and O–H groups in total. The van der Waals surface area contributed by atoms with Gasteiger partial charge in [-0.25, -0.2) is 13.1 Å². The van der Waals surface area contributed by atoms with E-state index in [9.17, 15) is 13.5 Å². The Balaban J connectivity index is 2.09. The van der Waals surface area contributed by atoms with Gasteiger partial charge >= 0.3 is 0 Å². The van der Waals surface area contributed by atoms with Crippen LogP contribution in [0.15, 0.2) is 47.5 Å². The van der Waals surface area contributed by atoms with Crippen molar-refractivity contribution >= 4 is 10.0 Å². The summed E-state index contributed by atoms with van der Waals surface area (Å²) in [4.78, 5) is 0.199. The lowest BCUT2D eigenvalue weighted by atomic mass is 9.87. The molecular weight excluding hydrogens is 312 g/mol. The molecule has 2 aromatic rings. The first-order chi connectivity index (χ1) is 10.6. The average Bonchev–Trinajstić information content (AvgIpc) is 2.90. The van der Waals surface area contributed by atoms with Crippen molar-refractivity contribution in [3.05, 3.63) is 53.9 Å². The van der Waals surface area contributed by atoms with Crippen LogP contribution in [0.5, 0.6) is 0 Å². The fraction of sp³-hybridized carbons (Fsp3) is 0.412. The molecule has 1 unspecified atom stereocenters. The Morgan fingerprint density at radius 2 is 1.78 bits per heavy atom. The topological polar surface area (TPSA) is 71.3 Å². The minimum absolute atomic E-state index is 0.0293. The van der Waals surface area contributed by atoms with Crippen molar-refractivity contribution in [2.45, 2.75) is 37.2 Å². The number of hydrogen-bond acceptors (Lipinski definition) is 3. The van der Waals surface area contributed by atoms with Gasteiger partial charge in [0.2, 0.25) is 10.0 Å². The summed E-state index contributed by atoms with van der Waals surface area (Å²) in [5, 5.41) is 10.1. The number of aliphatic hydroxyl groups excluding tert-OH is 1. The van der Waals surface area contributed by atoms with Gasteiger partial charge in [0.1, 0.15) is 6.10 Å². The Hall–Kier alpha value is -1.63. The molecule has 0 fully saturated rings. The van der Waals surface area contributed by atoms with E-state index in [0.717, 1.165) is 5.56 Å². The molecule has 0 saturated carbocycles. The van der Waals surface area contributed by atoms with E-state index < -0.39 is 16.1 Å². The molecule has 2 rings (SSSR count). The lowest BCUT2D eigenvalue weighted by Gasteiger charge is -2.19. The molecular formula is C17H24N2O3S. The monoisotopic (exact) mass is 336 g/mol. The van der Waals surface area contributed by atoms with E-state index in [-0.39, 0.29) is 16.9 Å². The number of rotatable bonds is 5. The fourth-order valence-electron chi connectivity index (χ4n) is 2.33. The fourth-order valence-corrected chi connectivity index (χ4v) is 3.37. The van der Waals surface area contributed by atoms with Gasteiger partial charge in [0.25, 0.3) is 0 Å². The molecule has 5 nitrogen and oxygen atoms in total. The first-order valence-corrected chi connectivity index (χ1v) is 8.99. The smallest absolute Gasteiger partial charge is 0.240 e. The number of aryl methyl sites for hydroxylation is 1. The Morgan fingerprint density at radius 1 is 1.17 bits per heavy atom. The van der Waals surface area contributed by atoms with Gasteiger partial charge in [-0.3, -0.25) is 0 Å². The number of nitrogens with zero attached hydrogens (tertiary/aromatic N) is 1. The van der Waals surface area contributed by atoms with Crippen molar-refractivity contribution in [2.24, 2.45) is 7.05 Å². The van der Waals surface area contributed by atoms with Crippen LogP contribution >= 0.6 is 0 Å². The molecule has 1 aromatic carbocycles. The van der Waals surface area contributed by atoms with Gasteiger partial charge in [0.15, 0.2) is 0 Å². The molecule has 0 aliphatic carbocycles. The zero-order chi connectivity index (χ0) is 17.3. The second kappa shape index (κ2) is 6.47. The maximum absolute atomic E-state index is 12.3. The van der Waals surface area contributed by atoms with Gasteiger partial charge in [-0.15, -0.1) is 0 Å². The van der Waals surface area contributed by atoms with Crippen molar-refractivity contribution in [1.29, 1.82) is 0 Å². The molecule has 6 heteroatoms. The van der Waals surface area contributed by atoms with Crippen LogP contribution in [-0.4, -0.2) is 24.6 Å².